The lowest BCUT2D eigenvalue weighted by atomic mass is 10.2. The minimum atomic E-state index is 0.978. The molecule has 0 unspecified atom stereocenters. The predicted molar refractivity (Wildman–Crippen MR) is 38.6 cm³/mol. The molecule has 3 nitrogen and oxygen atoms in total. The summed E-state index contributed by atoms with van der Waals surface area (Å²) < 4.78 is 0. The maximum Gasteiger partial charge on any atom is 0.0535 e. The number of H-pyrrole nitrogens is 1. The molecular formula is C7H11N3. The number of hydrogen-bond donors (Lipinski definition) is 2. The summed E-state index contributed by atoms with van der Waals surface area (Å²) in [5, 5.41) is 10.3. The Morgan fingerprint density at radius 1 is 1.50 bits per heavy atom. The van der Waals surface area contributed by atoms with Crippen LogP contribution in [-0.2, 0) is 13.0 Å². The largest absolute Gasteiger partial charge is 0.313 e. The Balaban J connectivity index is 2.28. The van der Waals surface area contributed by atoms with Crippen molar-refractivity contribution in [2.75, 3.05) is 6.54 Å². The lowest BCUT2D eigenvalue weighted by molar-refractivity contribution is 0.675. The normalized spacial score (nSPS) is 18.0. The van der Waals surface area contributed by atoms with Gasteiger partial charge < -0.3 is 5.32 Å². The molecule has 0 aromatic carbocycles. The van der Waals surface area contributed by atoms with Crippen LogP contribution in [0.3, 0.4) is 0 Å². The van der Waals surface area contributed by atoms with Crippen molar-refractivity contribution in [1.29, 1.82) is 0 Å². The van der Waals surface area contributed by atoms with Crippen LogP contribution in [0.4, 0.5) is 0 Å². The van der Waals surface area contributed by atoms with Gasteiger partial charge in [-0.15, -0.1) is 0 Å². The predicted octanol–water partition coefficient (Wildman–Crippen LogP) is 0.445. The molecule has 0 amide bonds. The van der Waals surface area contributed by atoms with Gasteiger partial charge in [-0.25, -0.2) is 0 Å². The monoisotopic (exact) mass is 137 g/mol. The van der Waals surface area contributed by atoms with Gasteiger partial charge in [-0.1, -0.05) is 0 Å². The van der Waals surface area contributed by atoms with E-state index >= 15 is 0 Å². The number of nitrogens with zero attached hydrogens (tertiary/aromatic N) is 1. The molecule has 0 radical (unpaired) electrons. The number of fused-ring (bicyclic) bond motifs is 1. The highest BCUT2D eigenvalue weighted by atomic mass is 15.1. The van der Waals surface area contributed by atoms with Crippen LogP contribution in [0.2, 0.25) is 0 Å². The van der Waals surface area contributed by atoms with Gasteiger partial charge in [0.1, 0.15) is 0 Å². The molecular weight excluding hydrogens is 126 g/mol. The van der Waals surface area contributed by atoms with E-state index in [1.807, 2.05) is 6.20 Å². The van der Waals surface area contributed by atoms with Crippen molar-refractivity contribution in [3.63, 3.8) is 0 Å². The van der Waals surface area contributed by atoms with Crippen molar-refractivity contribution in [2.24, 2.45) is 0 Å². The van der Waals surface area contributed by atoms with Crippen LogP contribution in [-0.4, -0.2) is 16.7 Å². The smallest absolute Gasteiger partial charge is 0.0535 e. The minimum Gasteiger partial charge on any atom is -0.313 e. The quantitative estimate of drug-likeness (QED) is 0.545. The van der Waals surface area contributed by atoms with Gasteiger partial charge in [0.15, 0.2) is 0 Å². The number of nitrogens with one attached hydrogen (secondary N) is 2. The first kappa shape index (κ1) is 5.92. The van der Waals surface area contributed by atoms with E-state index in [2.05, 4.69) is 15.5 Å². The second-order valence-electron chi connectivity index (χ2n) is 2.65. The van der Waals surface area contributed by atoms with Crippen molar-refractivity contribution in [2.45, 2.75) is 19.4 Å². The van der Waals surface area contributed by atoms with Crippen LogP contribution < -0.4 is 5.32 Å². The summed E-state index contributed by atoms with van der Waals surface area (Å²) in [6, 6.07) is 0. The number of aromatic nitrogens is 2. The second-order valence-corrected chi connectivity index (χ2v) is 2.65. The van der Waals surface area contributed by atoms with Crippen LogP contribution in [0.5, 0.6) is 0 Å². The molecule has 0 spiro atoms. The Morgan fingerprint density at radius 2 is 2.50 bits per heavy atom. The van der Waals surface area contributed by atoms with Crippen molar-refractivity contribution in [3.8, 4) is 0 Å². The summed E-state index contributed by atoms with van der Waals surface area (Å²) in [5.74, 6) is 0. The van der Waals surface area contributed by atoms with E-state index in [1.165, 1.54) is 17.7 Å². The van der Waals surface area contributed by atoms with Crippen molar-refractivity contribution >= 4 is 0 Å². The first-order valence-electron chi connectivity index (χ1n) is 3.68. The Kier molecular flexibility index (Phi) is 1.43. The van der Waals surface area contributed by atoms with E-state index in [4.69, 9.17) is 0 Å². The van der Waals surface area contributed by atoms with Crippen LogP contribution in [0.25, 0.3) is 0 Å². The molecule has 1 aromatic rings. The van der Waals surface area contributed by atoms with Crippen molar-refractivity contribution in [3.05, 3.63) is 17.5 Å². The molecule has 10 heavy (non-hydrogen) atoms. The lowest BCUT2D eigenvalue weighted by Gasteiger charge is -1.93. The molecule has 1 aliphatic heterocycles. The van der Waals surface area contributed by atoms with Gasteiger partial charge in [0.25, 0.3) is 0 Å². The second kappa shape index (κ2) is 2.42. The van der Waals surface area contributed by atoms with E-state index in [9.17, 15) is 0 Å². The van der Waals surface area contributed by atoms with Gasteiger partial charge in [0, 0.05) is 17.8 Å². The lowest BCUT2D eigenvalue weighted by Crippen LogP contribution is -2.11. The summed E-state index contributed by atoms with van der Waals surface area (Å²) >= 11 is 0. The molecule has 3 heteroatoms. The molecule has 2 N–H and O–H groups in total. The highest BCUT2D eigenvalue weighted by Crippen LogP contribution is 2.09. The zero-order valence-corrected chi connectivity index (χ0v) is 5.85. The van der Waals surface area contributed by atoms with Crippen LogP contribution in [0.1, 0.15) is 17.7 Å². The van der Waals surface area contributed by atoms with Gasteiger partial charge in [-0.2, -0.15) is 5.10 Å². The maximum atomic E-state index is 3.98. The first-order chi connectivity index (χ1) is 4.97. The average Bonchev–Trinajstić information content (AvgIpc) is 2.28. The van der Waals surface area contributed by atoms with Crippen molar-refractivity contribution in [1.82, 2.24) is 15.5 Å². The summed E-state index contributed by atoms with van der Waals surface area (Å²) in [6.45, 7) is 2.11. The molecule has 0 aliphatic carbocycles. The first-order valence-corrected chi connectivity index (χ1v) is 3.68. The molecule has 2 heterocycles. The molecule has 54 valence electrons. The van der Waals surface area contributed by atoms with Gasteiger partial charge in [0.05, 0.1) is 6.20 Å². The Morgan fingerprint density at radius 3 is 3.50 bits per heavy atom. The fourth-order valence-corrected chi connectivity index (χ4v) is 1.32. The third-order valence-corrected chi connectivity index (χ3v) is 1.90. The SMILES string of the molecule is c1n[nH]c2c1CNCCC2. The third kappa shape index (κ3) is 0.926. The molecule has 2 rings (SSSR count). The molecule has 0 bridgehead atoms. The number of rotatable bonds is 0. The van der Waals surface area contributed by atoms with Crippen molar-refractivity contribution < 1.29 is 0 Å². The number of aryl methyl sites for hydroxylation is 1. The summed E-state index contributed by atoms with van der Waals surface area (Å²) in [7, 11) is 0. The van der Waals surface area contributed by atoms with Gasteiger partial charge in [-0.05, 0) is 19.4 Å². The van der Waals surface area contributed by atoms with E-state index in [-0.39, 0.29) is 0 Å². The third-order valence-electron chi connectivity index (χ3n) is 1.90. The minimum absolute atomic E-state index is 0.978. The van der Waals surface area contributed by atoms with E-state index in [0.717, 1.165) is 19.5 Å². The Labute approximate surface area is 59.8 Å². The molecule has 0 saturated heterocycles. The van der Waals surface area contributed by atoms with E-state index < -0.39 is 0 Å². The van der Waals surface area contributed by atoms with Gasteiger partial charge >= 0.3 is 0 Å². The highest BCUT2D eigenvalue weighted by Gasteiger charge is 2.07. The zero-order chi connectivity index (χ0) is 6.81. The molecule has 0 fully saturated rings. The van der Waals surface area contributed by atoms with Gasteiger partial charge in [0.2, 0.25) is 0 Å². The summed E-state index contributed by atoms with van der Waals surface area (Å²) in [6.07, 6.45) is 4.27. The van der Waals surface area contributed by atoms with Crippen LogP contribution >= 0.6 is 0 Å². The topological polar surface area (TPSA) is 40.7 Å². The fraction of sp³-hybridized carbons (Fsp3) is 0.571. The number of aromatic amines is 1. The standard InChI is InChI=1S/C7H11N3/c1-2-7-6(4-8-3-1)5-9-10-7/h5,8H,1-4H2,(H,9,10). The molecule has 0 atom stereocenters. The molecule has 1 aromatic heterocycles. The zero-order valence-electron chi connectivity index (χ0n) is 5.85. The van der Waals surface area contributed by atoms with Crippen LogP contribution in [0, 0.1) is 0 Å². The van der Waals surface area contributed by atoms with E-state index in [0.29, 0.717) is 0 Å². The summed E-state index contributed by atoms with van der Waals surface area (Å²) in [4.78, 5) is 0. The molecule has 0 saturated carbocycles. The Bertz CT molecular complexity index is 196. The van der Waals surface area contributed by atoms with E-state index in [1.54, 1.807) is 0 Å². The molecule has 1 aliphatic rings. The average molecular weight is 137 g/mol. The number of hydrogen-bond acceptors (Lipinski definition) is 2. The highest BCUT2D eigenvalue weighted by molar-refractivity contribution is 5.17. The Hall–Kier alpha value is -0.830. The van der Waals surface area contributed by atoms with Crippen LogP contribution in [0.15, 0.2) is 6.20 Å². The maximum absolute atomic E-state index is 3.98. The fourth-order valence-electron chi connectivity index (χ4n) is 1.32. The van der Waals surface area contributed by atoms with Gasteiger partial charge in [-0.3, -0.25) is 5.10 Å². The summed E-state index contributed by atoms with van der Waals surface area (Å²) in [5.41, 5.74) is 2.64.